The van der Waals surface area contributed by atoms with Crippen LogP contribution in [-0.4, -0.2) is 14.5 Å². The molecule has 232 valence electrons. The topological polar surface area (TPSA) is 43.9 Å². The summed E-state index contributed by atoms with van der Waals surface area (Å²) in [7, 11) is 0. The van der Waals surface area contributed by atoms with Gasteiger partial charge in [0.2, 0.25) is 0 Å². The maximum atomic E-state index is 6.74. The molecule has 0 aliphatic rings. The highest BCUT2D eigenvalue weighted by Gasteiger charge is 2.22. The van der Waals surface area contributed by atoms with Gasteiger partial charge in [0.05, 0.1) is 11.0 Å². The summed E-state index contributed by atoms with van der Waals surface area (Å²) in [5.41, 5.74) is 8.44. The van der Waals surface area contributed by atoms with Gasteiger partial charge in [-0.2, -0.15) is 0 Å². The van der Waals surface area contributed by atoms with Gasteiger partial charge < -0.3 is 8.98 Å². The maximum absolute atomic E-state index is 6.74. The van der Waals surface area contributed by atoms with Gasteiger partial charge in [0.25, 0.3) is 0 Å². The number of hydrogen-bond acceptors (Lipinski definition) is 3. The molecule has 4 nitrogen and oxygen atoms in total. The van der Waals surface area contributed by atoms with E-state index in [-0.39, 0.29) is 0 Å². The van der Waals surface area contributed by atoms with Gasteiger partial charge in [0.15, 0.2) is 11.4 Å². The summed E-state index contributed by atoms with van der Waals surface area (Å²) in [5, 5.41) is 10.5. The Bertz CT molecular complexity index is 3160. The normalized spacial score (nSPS) is 12.0. The minimum Gasteiger partial charge on any atom is -0.452 e. The lowest BCUT2D eigenvalue weighted by Gasteiger charge is -2.11. The quantitative estimate of drug-likeness (QED) is 0.194. The van der Waals surface area contributed by atoms with E-state index in [1.165, 1.54) is 27.1 Å². The molecule has 0 fully saturated rings. The fraction of sp³-hybridized carbons (Fsp3) is 0. The van der Waals surface area contributed by atoms with E-state index in [4.69, 9.17) is 14.4 Å². The average molecular weight is 638 g/mol. The van der Waals surface area contributed by atoms with Gasteiger partial charge >= 0.3 is 0 Å². The lowest BCUT2D eigenvalue weighted by atomic mass is 10.0. The summed E-state index contributed by atoms with van der Waals surface area (Å²) in [4.78, 5) is 10.6. The number of fused-ring (bicyclic) bond motifs is 10. The van der Waals surface area contributed by atoms with E-state index < -0.39 is 0 Å². The molecule has 3 heterocycles. The monoisotopic (exact) mass is 637 g/mol. The lowest BCUT2D eigenvalue weighted by molar-refractivity contribution is 0.667. The Morgan fingerprint density at radius 2 is 1.06 bits per heavy atom. The standard InChI is InChI=1S/C46H27N3O/c1-4-16-32-28(11-1)14-9-20-35(32)43-45-44(48-46(47-43)36-21-10-15-29-12-2-5-17-33(29)36)38-27-31(24-26-41(38)50-45)49-39-22-8-7-19-37(39)42-34-18-6-3-13-30(34)23-25-40(42)49/h1-27H. The number of benzene rings is 8. The molecule has 0 amide bonds. The van der Waals surface area contributed by atoms with Crippen LogP contribution in [0.1, 0.15) is 0 Å². The molecule has 0 bridgehead atoms. The van der Waals surface area contributed by atoms with Crippen LogP contribution in [0.3, 0.4) is 0 Å². The molecule has 3 aromatic heterocycles. The zero-order valence-electron chi connectivity index (χ0n) is 26.8. The first kappa shape index (κ1) is 27.2. The molecular weight excluding hydrogens is 611 g/mol. The van der Waals surface area contributed by atoms with Crippen molar-refractivity contribution in [2.75, 3.05) is 0 Å². The molecule has 0 aliphatic heterocycles. The van der Waals surface area contributed by atoms with Crippen molar-refractivity contribution in [1.82, 2.24) is 14.5 Å². The molecule has 50 heavy (non-hydrogen) atoms. The molecule has 0 radical (unpaired) electrons. The summed E-state index contributed by atoms with van der Waals surface area (Å²) in [6.07, 6.45) is 0. The molecule has 8 aromatic carbocycles. The van der Waals surface area contributed by atoms with Crippen molar-refractivity contribution in [3.05, 3.63) is 164 Å². The van der Waals surface area contributed by atoms with Gasteiger partial charge in [0.1, 0.15) is 16.8 Å². The highest BCUT2D eigenvalue weighted by molar-refractivity contribution is 6.21. The molecule has 0 saturated heterocycles. The van der Waals surface area contributed by atoms with E-state index in [2.05, 4.69) is 168 Å². The van der Waals surface area contributed by atoms with Crippen molar-refractivity contribution >= 4 is 76.2 Å². The van der Waals surface area contributed by atoms with Crippen molar-refractivity contribution < 1.29 is 4.42 Å². The van der Waals surface area contributed by atoms with Crippen molar-refractivity contribution in [1.29, 1.82) is 0 Å². The molecule has 0 spiro atoms. The minimum atomic E-state index is 0.675. The van der Waals surface area contributed by atoms with E-state index in [9.17, 15) is 0 Å². The van der Waals surface area contributed by atoms with Gasteiger partial charge in [-0.05, 0) is 62.6 Å². The van der Waals surface area contributed by atoms with Gasteiger partial charge in [-0.3, -0.25) is 0 Å². The molecule has 0 saturated carbocycles. The first-order valence-electron chi connectivity index (χ1n) is 16.9. The van der Waals surface area contributed by atoms with Crippen LogP contribution in [0.25, 0.3) is 105 Å². The Morgan fingerprint density at radius 3 is 1.84 bits per heavy atom. The Hall–Kier alpha value is -6.78. The molecular formula is C46H27N3O. The molecule has 0 N–H and O–H groups in total. The average Bonchev–Trinajstić information content (AvgIpc) is 3.73. The van der Waals surface area contributed by atoms with Crippen molar-refractivity contribution in [2.45, 2.75) is 0 Å². The smallest absolute Gasteiger partial charge is 0.180 e. The summed E-state index contributed by atoms with van der Waals surface area (Å²) in [5.74, 6) is 0.675. The number of furan rings is 1. The number of aromatic nitrogens is 3. The van der Waals surface area contributed by atoms with E-state index in [0.717, 1.165) is 66.1 Å². The highest BCUT2D eigenvalue weighted by Crippen LogP contribution is 2.41. The summed E-state index contributed by atoms with van der Waals surface area (Å²) in [6, 6.07) is 57.8. The third-order valence-corrected chi connectivity index (χ3v) is 10.2. The Morgan fingerprint density at radius 1 is 0.440 bits per heavy atom. The highest BCUT2D eigenvalue weighted by atomic mass is 16.3. The van der Waals surface area contributed by atoms with E-state index >= 15 is 0 Å². The van der Waals surface area contributed by atoms with Crippen LogP contribution in [0.5, 0.6) is 0 Å². The zero-order valence-corrected chi connectivity index (χ0v) is 26.8. The first-order chi connectivity index (χ1) is 24.8. The summed E-state index contributed by atoms with van der Waals surface area (Å²) < 4.78 is 9.10. The zero-order chi connectivity index (χ0) is 32.8. The van der Waals surface area contributed by atoms with Crippen LogP contribution in [0.15, 0.2) is 168 Å². The third kappa shape index (κ3) is 3.87. The van der Waals surface area contributed by atoms with Gasteiger partial charge in [-0.25, -0.2) is 9.97 Å². The fourth-order valence-corrected chi connectivity index (χ4v) is 7.94. The molecule has 0 aliphatic carbocycles. The SMILES string of the molecule is c1ccc2c(-c3nc(-c4cccc5ccccc45)c4oc5ccc(-n6c7ccccc7c7c8ccccc8ccc76)cc5c4n3)cccc2c1. The fourth-order valence-electron chi connectivity index (χ4n) is 7.94. The van der Waals surface area contributed by atoms with E-state index in [0.29, 0.717) is 11.4 Å². The van der Waals surface area contributed by atoms with Crippen LogP contribution in [-0.2, 0) is 0 Å². The number of rotatable bonds is 3. The van der Waals surface area contributed by atoms with Crippen LogP contribution < -0.4 is 0 Å². The van der Waals surface area contributed by atoms with Crippen LogP contribution in [0, 0.1) is 0 Å². The molecule has 0 atom stereocenters. The van der Waals surface area contributed by atoms with Crippen molar-refractivity contribution in [3.63, 3.8) is 0 Å². The predicted molar refractivity (Wildman–Crippen MR) is 207 cm³/mol. The number of para-hydroxylation sites is 1. The second-order valence-corrected chi connectivity index (χ2v) is 12.9. The van der Waals surface area contributed by atoms with Crippen molar-refractivity contribution in [2.24, 2.45) is 0 Å². The van der Waals surface area contributed by atoms with E-state index in [1.54, 1.807) is 0 Å². The third-order valence-electron chi connectivity index (χ3n) is 10.2. The summed E-state index contributed by atoms with van der Waals surface area (Å²) >= 11 is 0. The van der Waals surface area contributed by atoms with E-state index in [1.807, 2.05) is 0 Å². The van der Waals surface area contributed by atoms with Crippen molar-refractivity contribution in [3.8, 4) is 28.3 Å². The van der Waals surface area contributed by atoms with Gasteiger partial charge in [-0.1, -0.05) is 133 Å². The van der Waals surface area contributed by atoms with Crippen LogP contribution in [0.4, 0.5) is 0 Å². The first-order valence-corrected chi connectivity index (χ1v) is 16.9. The molecule has 4 heteroatoms. The Kier molecular flexibility index (Phi) is 5.63. The molecule has 0 unspecified atom stereocenters. The van der Waals surface area contributed by atoms with Gasteiger partial charge in [0, 0.05) is 33.0 Å². The molecule has 11 rings (SSSR count). The lowest BCUT2D eigenvalue weighted by Crippen LogP contribution is -1.96. The minimum absolute atomic E-state index is 0.675. The second-order valence-electron chi connectivity index (χ2n) is 12.9. The molecule has 11 aromatic rings. The largest absolute Gasteiger partial charge is 0.452 e. The number of nitrogens with zero attached hydrogens (tertiary/aromatic N) is 3. The van der Waals surface area contributed by atoms with Crippen LogP contribution >= 0.6 is 0 Å². The van der Waals surface area contributed by atoms with Crippen LogP contribution in [0.2, 0.25) is 0 Å². The number of hydrogen-bond donors (Lipinski definition) is 0. The Balaban J connectivity index is 1.24. The Labute approximate surface area is 286 Å². The second kappa shape index (κ2) is 10.4. The summed E-state index contributed by atoms with van der Waals surface area (Å²) in [6.45, 7) is 0. The van der Waals surface area contributed by atoms with Gasteiger partial charge in [-0.15, -0.1) is 0 Å². The maximum Gasteiger partial charge on any atom is 0.180 e. The predicted octanol–water partition coefficient (Wildman–Crippen LogP) is 12.3.